The molecule has 0 radical (unpaired) electrons. The number of ether oxygens (including phenoxy) is 1. The summed E-state index contributed by atoms with van der Waals surface area (Å²) in [5.41, 5.74) is -1.36. The van der Waals surface area contributed by atoms with Crippen LogP contribution in [0, 0.1) is 0 Å². The topological polar surface area (TPSA) is 67.4 Å². The van der Waals surface area contributed by atoms with E-state index >= 15 is 0 Å². The van der Waals surface area contributed by atoms with Gasteiger partial charge in [0.05, 0.1) is 7.11 Å². The van der Waals surface area contributed by atoms with Gasteiger partial charge in [-0.2, -0.15) is 0 Å². The lowest BCUT2D eigenvalue weighted by Gasteiger charge is -2.27. The van der Waals surface area contributed by atoms with Crippen molar-refractivity contribution in [3.05, 3.63) is 0 Å². The van der Waals surface area contributed by atoms with Crippen LogP contribution in [0.15, 0.2) is 0 Å². The van der Waals surface area contributed by atoms with Crippen molar-refractivity contribution in [3.8, 4) is 0 Å². The minimum absolute atomic E-state index is 0.337. The van der Waals surface area contributed by atoms with Gasteiger partial charge in [0.1, 0.15) is 5.54 Å². The molecule has 0 spiro atoms. The molecule has 0 heterocycles. The monoisotopic (exact) mass is 216 g/mol. The predicted molar refractivity (Wildman–Crippen MR) is 57.5 cm³/mol. The van der Waals surface area contributed by atoms with Crippen molar-refractivity contribution in [3.63, 3.8) is 0 Å². The third-order valence-corrected chi connectivity index (χ3v) is 1.61. The number of carbonyl (C=O) groups excluding carboxylic acids is 2. The largest absolute Gasteiger partial charge is 0.467 e. The number of hydrogen-bond acceptors (Lipinski definition) is 3. The lowest BCUT2D eigenvalue weighted by molar-refractivity contribution is -0.146. The van der Waals surface area contributed by atoms with Crippen LogP contribution in [-0.2, 0) is 9.53 Å². The van der Waals surface area contributed by atoms with E-state index in [1.165, 1.54) is 7.11 Å². The van der Waals surface area contributed by atoms with Crippen LogP contribution in [0.4, 0.5) is 4.79 Å². The van der Waals surface area contributed by atoms with E-state index in [0.717, 1.165) is 0 Å². The van der Waals surface area contributed by atoms with E-state index in [9.17, 15) is 9.59 Å². The summed E-state index contributed by atoms with van der Waals surface area (Å²) in [5.74, 6) is -0.480. The van der Waals surface area contributed by atoms with Gasteiger partial charge in [-0.15, -0.1) is 0 Å². The molecule has 0 aromatic heterocycles. The van der Waals surface area contributed by atoms with Crippen LogP contribution in [-0.4, -0.2) is 30.2 Å². The maximum atomic E-state index is 11.5. The molecule has 0 saturated heterocycles. The quantitative estimate of drug-likeness (QED) is 0.678. The van der Waals surface area contributed by atoms with Crippen LogP contribution in [0.1, 0.15) is 34.6 Å². The number of rotatable bonds is 2. The lowest BCUT2D eigenvalue weighted by atomic mass is 10.1. The highest BCUT2D eigenvalue weighted by molar-refractivity contribution is 5.86. The first-order valence-electron chi connectivity index (χ1n) is 4.77. The zero-order valence-electron chi connectivity index (χ0n) is 10.2. The molecule has 0 aliphatic carbocycles. The van der Waals surface area contributed by atoms with E-state index in [-0.39, 0.29) is 5.54 Å². The van der Waals surface area contributed by atoms with Crippen molar-refractivity contribution in [2.24, 2.45) is 0 Å². The summed E-state index contributed by atoms with van der Waals surface area (Å²) in [6, 6.07) is -0.391. The molecule has 0 fully saturated rings. The summed E-state index contributed by atoms with van der Waals surface area (Å²) >= 11 is 0. The molecule has 88 valence electrons. The maximum absolute atomic E-state index is 11.5. The predicted octanol–water partition coefficient (Wildman–Crippen LogP) is 1.04. The number of methoxy groups -OCH3 is 1. The first kappa shape index (κ1) is 13.7. The molecule has 5 heteroatoms. The summed E-state index contributed by atoms with van der Waals surface area (Å²) in [4.78, 5) is 22.7. The summed E-state index contributed by atoms with van der Waals surface area (Å²) in [6.07, 6.45) is 0. The summed E-state index contributed by atoms with van der Waals surface area (Å²) in [5, 5.41) is 5.24. The fourth-order valence-electron chi connectivity index (χ4n) is 0.962. The van der Waals surface area contributed by atoms with Gasteiger partial charge in [0.25, 0.3) is 0 Å². The second-order valence-corrected chi connectivity index (χ2v) is 4.95. The minimum atomic E-state index is -1.02. The lowest BCUT2D eigenvalue weighted by Crippen LogP contribution is -2.56. The smallest absolute Gasteiger partial charge is 0.331 e. The molecule has 0 aromatic rings. The van der Waals surface area contributed by atoms with Crippen molar-refractivity contribution in [1.82, 2.24) is 10.6 Å². The normalized spacial score (nSPS) is 11.9. The molecule has 0 atom stereocenters. The number of hydrogen-bond donors (Lipinski definition) is 2. The van der Waals surface area contributed by atoms with Crippen LogP contribution in [0.25, 0.3) is 0 Å². The molecule has 0 unspecified atom stereocenters. The zero-order valence-corrected chi connectivity index (χ0v) is 10.2. The Bertz CT molecular complexity index is 254. The number of carbonyl (C=O) groups is 2. The van der Waals surface area contributed by atoms with E-state index in [0.29, 0.717) is 0 Å². The van der Waals surface area contributed by atoms with E-state index in [1.807, 2.05) is 20.8 Å². The van der Waals surface area contributed by atoms with Gasteiger partial charge in [-0.1, -0.05) is 0 Å². The Morgan fingerprint density at radius 3 is 1.80 bits per heavy atom. The zero-order chi connectivity index (χ0) is 12.3. The molecular weight excluding hydrogens is 196 g/mol. The second kappa shape index (κ2) is 4.51. The van der Waals surface area contributed by atoms with Gasteiger partial charge in [-0.25, -0.2) is 9.59 Å². The molecule has 0 saturated carbocycles. The third kappa shape index (κ3) is 5.24. The Morgan fingerprint density at radius 1 is 1.00 bits per heavy atom. The summed E-state index contributed by atoms with van der Waals surface area (Å²) in [7, 11) is 1.29. The highest BCUT2D eigenvalue weighted by Gasteiger charge is 2.31. The van der Waals surface area contributed by atoms with Crippen LogP contribution in [0.2, 0.25) is 0 Å². The first-order chi connectivity index (χ1) is 6.58. The highest BCUT2D eigenvalue weighted by atomic mass is 16.5. The van der Waals surface area contributed by atoms with E-state index in [2.05, 4.69) is 15.4 Å². The minimum Gasteiger partial charge on any atom is -0.467 e. The highest BCUT2D eigenvalue weighted by Crippen LogP contribution is 2.05. The fraction of sp³-hybridized carbons (Fsp3) is 0.800. The molecule has 0 bridgehead atoms. The van der Waals surface area contributed by atoms with Crippen LogP contribution < -0.4 is 10.6 Å². The maximum Gasteiger partial charge on any atom is 0.331 e. The molecule has 2 N–H and O–H groups in total. The van der Waals surface area contributed by atoms with E-state index < -0.39 is 17.5 Å². The summed E-state index contributed by atoms with van der Waals surface area (Å²) < 4.78 is 4.56. The average molecular weight is 216 g/mol. The van der Waals surface area contributed by atoms with Crippen LogP contribution in [0.3, 0.4) is 0 Å². The number of urea groups is 1. The Labute approximate surface area is 90.6 Å². The van der Waals surface area contributed by atoms with Crippen molar-refractivity contribution < 1.29 is 14.3 Å². The van der Waals surface area contributed by atoms with Gasteiger partial charge in [-0.3, -0.25) is 0 Å². The van der Waals surface area contributed by atoms with Gasteiger partial charge in [0, 0.05) is 5.54 Å². The van der Waals surface area contributed by atoms with Gasteiger partial charge < -0.3 is 15.4 Å². The average Bonchev–Trinajstić information content (AvgIpc) is 1.97. The molecule has 0 rings (SSSR count). The molecular formula is C10H20N2O3. The van der Waals surface area contributed by atoms with Crippen molar-refractivity contribution in [2.75, 3.05) is 7.11 Å². The number of esters is 1. The van der Waals surface area contributed by atoms with Gasteiger partial charge in [0.15, 0.2) is 0 Å². The van der Waals surface area contributed by atoms with Crippen LogP contribution >= 0.6 is 0 Å². The first-order valence-corrected chi connectivity index (χ1v) is 4.77. The second-order valence-electron chi connectivity index (χ2n) is 4.95. The van der Waals surface area contributed by atoms with Crippen molar-refractivity contribution >= 4 is 12.0 Å². The van der Waals surface area contributed by atoms with Gasteiger partial charge >= 0.3 is 12.0 Å². The third-order valence-electron chi connectivity index (χ3n) is 1.61. The molecule has 0 aromatic carbocycles. The Kier molecular flexibility index (Phi) is 4.13. The molecule has 15 heavy (non-hydrogen) atoms. The van der Waals surface area contributed by atoms with Crippen molar-refractivity contribution in [1.29, 1.82) is 0 Å². The number of amides is 2. The molecule has 0 aliphatic rings. The fourth-order valence-corrected chi connectivity index (χ4v) is 0.962. The summed E-state index contributed by atoms with van der Waals surface area (Å²) in [6.45, 7) is 8.75. The molecule has 0 aliphatic heterocycles. The Hall–Kier alpha value is -1.26. The number of nitrogens with one attached hydrogen (secondary N) is 2. The van der Waals surface area contributed by atoms with Gasteiger partial charge in [-0.05, 0) is 34.6 Å². The molecule has 2 amide bonds. The van der Waals surface area contributed by atoms with Crippen LogP contribution in [0.5, 0.6) is 0 Å². The van der Waals surface area contributed by atoms with Crippen molar-refractivity contribution in [2.45, 2.75) is 45.7 Å². The van der Waals surface area contributed by atoms with E-state index in [4.69, 9.17) is 0 Å². The van der Waals surface area contributed by atoms with Gasteiger partial charge in [0.2, 0.25) is 0 Å². The Balaban J connectivity index is 4.35. The van der Waals surface area contributed by atoms with E-state index in [1.54, 1.807) is 13.8 Å². The SMILES string of the molecule is COC(=O)C(C)(C)NC(=O)NC(C)(C)C. The Morgan fingerprint density at radius 2 is 1.47 bits per heavy atom. The molecule has 5 nitrogen and oxygen atoms in total. The standard InChI is InChI=1S/C10H20N2O3/c1-9(2,3)11-8(14)12-10(4,5)7(13)15-6/h1-6H3,(H2,11,12,14).